The molecular formula is C6H7F3O3S. The van der Waals surface area contributed by atoms with Crippen molar-refractivity contribution in [1.82, 2.24) is 0 Å². The first-order chi connectivity index (χ1) is 5.97. The van der Waals surface area contributed by atoms with Crippen molar-refractivity contribution in [3.63, 3.8) is 0 Å². The topological polar surface area (TPSA) is 35.5 Å². The number of ether oxygens (including phenoxy) is 1. The number of hydrogen-bond acceptors (Lipinski definition) is 4. The van der Waals surface area contributed by atoms with Crippen LogP contribution >= 0.6 is 12.0 Å². The van der Waals surface area contributed by atoms with Crippen molar-refractivity contribution in [1.29, 1.82) is 0 Å². The Labute approximate surface area is 76.8 Å². The molecule has 0 amide bonds. The summed E-state index contributed by atoms with van der Waals surface area (Å²) in [6, 6.07) is 0. The maximum atomic E-state index is 11.5. The molecule has 1 aliphatic heterocycles. The fourth-order valence-corrected chi connectivity index (χ4v) is 1.65. The summed E-state index contributed by atoms with van der Waals surface area (Å²) in [5.41, 5.74) is 0. The van der Waals surface area contributed by atoms with Gasteiger partial charge in [0.1, 0.15) is 0 Å². The SMILES string of the molecule is O=C(CC1COSC1)OC(F)(F)F. The fraction of sp³-hybridized carbons (Fsp3) is 0.833. The third-order valence-corrected chi connectivity index (χ3v) is 2.29. The molecule has 1 aliphatic rings. The van der Waals surface area contributed by atoms with Crippen molar-refractivity contribution < 1.29 is 26.9 Å². The minimum atomic E-state index is -4.87. The highest BCUT2D eigenvalue weighted by Crippen LogP contribution is 2.25. The van der Waals surface area contributed by atoms with E-state index in [9.17, 15) is 18.0 Å². The molecule has 1 fully saturated rings. The highest BCUT2D eigenvalue weighted by molar-refractivity contribution is 7.94. The van der Waals surface area contributed by atoms with E-state index in [4.69, 9.17) is 4.18 Å². The van der Waals surface area contributed by atoms with Crippen molar-refractivity contribution in [2.45, 2.75) is 12.8 Å². The molecule has 0 aromatic heterocycles. The van der Waals surface area contributed by atoms with E-state index in [-0.39, 0.29) is 12.3 Å². The van der Waals surface area contributed by atoms with Crippen LogP contribution in [0.3, 0.4) is 0 Å². The number of rotatable bonds is 2. The molecule has 0 aliphatic carbocycles. The van der Waals surface area contributed by atoms with E-state index in [2.05, 4.69) is 4.74 Å². The summed E-state index contributed by atoms with van der Waals surface area (Å²) in [7, 11) is 0. The van der Waals surface area contributed by atoms with Crippen molar-refractivity contribution >= 4 is 18.0 Å². The summed E-state index contributed by atoms with van der Waals surface area (Å²) in [6.07, 6.45) is -5.11. The van der Waals surface area contributed by atoms with Crippen LogP contribution < -0.4 is 0 Å². The van der Waals surface area contributed by atoms with Gasteiger partial charge in [0, 0.05) is 11.7 Å². The quantitative estimate of drug-likeness (QED) is 0.520. The Morgan fingerprint density at radius 1 is 1.62 bits per heavy atom. The molecule has 1 unspecified atom stereocenters. The van der Waals surface area contributed by atoms with Crippen molar-refractivity contribution in [3.05, 3.63) is 0 Å². The molecule has 0 N–H and O–H groups in total. The molecular weight excluding hydrogens is 209 g/mol. The molecule has 13 heavy (non-hydrogen) atoms. The summed E-state index contributed by atoms with van der Waals surface area (Å²) in [6.45, 7) is 0.303. The van der Waals surface area contributed by atoms with Gasteiger partial charge in [-0.1, -0.05) is 0 Å². The smallest absolute Gasteiger partial charge is 0.373 e. The van der Waals surface area contributed by atoms with E-state index < -0.39 is 12.3 Å². The average Bonchev–Trinajstić information content (AvgIpc) is 2.34. The summed E-state index contributed by atoms with van der Waals surface area (Å²) >= 11 is 1.15. The van der Waals surface area contributed by atoms with Gasteiger partial charge in [-0.2, -0.15) is 0 Å². The Bertz CT molecular complexity index is 188. The lowest BCUT2D eigenvalue weighted by atomic mass is 10.1. The number of carbonyl (C=O) groups is 1. The molecule has 0 saturated carbocycles. The molecule has 0 radical (unpaired) electrons. The van der Waals surface area contributed by atoms with Crippen molar-refractivity contribution in [2.75, 3.05) is 12.4 Å². The van der Waals surface area contributed by atoms with Gasteiger partial charge in [0.15, 0.2) is 0 Å². The summed E-state index contributed by atoms with van der Waals surface area (Å²) < 4.78 is 42.5. The molecule has 7 heteroatoms. The molecule has 1 saturated heterocycles. The fourth-order valence-electron chi connectivity index (χ4n) is 0.861. The van der Waals surface area contributed by atoms with Crippen molar-refractivity contribution in [2.24, 2.45) is 5.92 Å². The van der Waals surface area contributed by atoms with Gasteiger partial charge >= 0.3 is 12.3 Å². The Morgan fingerprint density at radius 3 is 2.77 bits per heavy atom. The first-order valence-electron chi connectivity index (χ1n) is 3.50. The van der Waals surface area contributed by atoms with Crippen LogP contribution in [0.25, 0.3) is 0 Å². The normalized spacial score (nSPS) is 23.2. The van der Waals surface area contributed by atoms with Crippen LogP contribution in [0.2, 0.25) is 0 Å². The van der Waals surface area contributed by atoms with Gasteiger partial charge in [-0.3, -0.25) is 4.79 Å². The van der Waals surface area contributed by atoms with Gasteiger partial charge in [-0.05, 0) is 12.0 Å². The zero-order valence-corrected chi connectivity index (χ0v) is 7.28. The predicted octanol–water partition coefficient (Wildman–Crippen LogP) is 1.73. The molecule has 0 spiro atoms. The summed E-state index contributed by atoms with van der Waals surface area (Å²) in [5.74, 6) is -0.879. The first kappa shape index (κ1) is 10.6. The van der Waals surface area contributed by atoms with Crippen LogP contribution in [-0.2, 0) is 13.7 Å². The predicted molar refractivity (Wildman–Crippen MR) is 38.7 cm³/mol. The molecule has 1 rings (SSSR count). The number of halogens is 3. The van der Waals surface area contributed by atoms with E-state index >= 15 is 0 Å². The van der Waals surface area contributed by atoms with Crippen LogP contribution in [0.4, 0.5) is 13.2 Å². The zero-order valence-electron chi connectivity index (χ0n) is 6.47. The van der Waals surface area contributed by atoms with Crippen LogP contribution in [0.15, 0.2) is 0 Å². The Kier molecular flexibility index (Phi) is 3.43. The first-order valence-corrected chi connectivity index (χ1v) is 4.41. The van der Waals surface area contributed by atoms with Crippen LogP contribution in [0.1, 0.15) is 6.42 Å². The van der Waals surface area contributed by atoms with Crippen LogP contribution in [0, 0.1) is 5.92 Å². The molecule has 0 aromatic carbocycles. The van der Waals surface area contributed by atoms with Gasteiger partial charge < -0.3 is 8.92 Å². The van der Waals surface area contributed by atoms with Gasteiger partial charge in [0.25, 0.3) is 0 Å². The Morgan fingerprint density at radius 2 is 2.31 bits per heavy atom. The minimum Gasteiger partial charge on any atom is -0.373 e. The summed E-state index contributed by atoms with van der Waals surface area (Å²) in [4.78, 5) is 10.6. The molecule has 1 heterocycles. The Hall–Kier alpha value is -0.430. The monoisotopic (exact) mass is 216 g/mol. The van der Waals surface area contributed by atoms with E-state index in [1.54, 1.807) is 0 Å². The Balaban J connectivity index is 2.24. The maximum Gasteiger partial charge on any atom is 0.575 e. The van der Waals surface area contributed by atoms with E-state index in [0.717, 1.165) is 12.0 Å². The number of carbonyl (C=O) groups excluding carboxylic acids is 1. The van der Waals surface area contributed by atoms with E-state index in [1.807, 2.05) is 0 Å². The molecule has 1 atom stereocenters. The van der Waals surface area contributed by atoms with Gasteiger partial charge in [-0.25, -0.2) is 0 Å². The molecule has 76 valence electrons. The highest BCUT2D eigenvalue weighted by Gasteiger charge is 2.35. The highest BCUT2D eigenvalue weighted by atomic mass is 32.2. The average molecular weight is 216 g/mol. The zero-order chi connectivity index (χ0) is 9.90. The second-order valence-electron chi connectivity index (χ2n) is 2.56. The van der Waals surface area contributed by atoms with Crippen molar-refractivity contribution in [3.8, 4) is 0 Å². The second kappa shape index (κ2) is 4.19. The molecule has 0 bridgehead atoms. The van der Waals surface area contributed by atoms with E-state index in [0.29, 0.717) is 12.4 Å². The van der Waals surface area contributed by atoms with E-state index in [1.165, 1.54) is 0 Å². The third-order valence-electron chi connectivity index (χ3n) is 1.38. The van der Waals surface area contributed by atoms with Gasteiger partial charge in [0.05, 0.1) is 13.0 Å². The second-order valence-corrected chi connectivity index (χ2v) is 3.36. The molecule has 0 aromatic rings. The number of esters is 1. The summed E-state index contributed by atoms with van der Waals surface area (Å²) in [5, 5.41) is 0. The lowest BCUT2D eigenvalue weighted by Crippen LogP contribution is -2.22. The van der Waals surface area contributed by atoms with Gasteiger partial charge in [0.2, 0.25) is 0 Å². The van der Waals surface area contributed by atoms with Crippen LogP contribution in [0.5, 0.6) is 0 Å². The third kappa shape index (κ3) is 4.37. The largest absolute Gasteiger partial charge is 0.575 e. The lowest BCUT2D eigenvalue weighted by Gasteiger charge is -2.08. The van der Waals surface area contributed by atoms with Crippen LogP contribution in [-0.4, -0.2) is 24.7 Å². The minimum absolute atomic E-state index is 0.167. The number of hydrogen-bond donors (Lipinski definition) is 0. The lowest BCUT2D eigenvalue weighted by molar-refractivity contribution is -0.306. The number of alkyl halides is 3. The standard InChI is InChI=1S/C6H7F3O3S/c7-6(8,9)12-5(10)1-4-2-11-13-3-4/h4H,1-3H2. The van der Waals surface area contributed by atoms with Gasteiger partial charge in [-0.15, -0.1) is 13.2 Å². The molecule has 3 nitrogen and oxygen atoms in total. The maximum absolute atomic E-state index is 11.5.